The van der Waals surface area contributed by atoms with Gasteiger partial charge >= 0.3 is 6.18 Å². The molecule has 1 atom stereocenters. The number of nitrogens with zero attached hydrogens (tertiary/aromatic N) is 1. The molecule has 0 aliphatic heterocycles. The van der Waals surface area contributed by atoms with Crippen molar-refractivity contribution in [2.24, 2.45) is 5.73 Å². The first-order valence-electron chi connectivity index (χ1n) is 10.7. The number of hydrogen-bond acceptors (Lipinski definition) is 4. The highest BCUT2D eigenvalue weighted by Gasteiger charge is 2.32. The Morgan fingerprint density at radius 2 is 1.82 bits per heavy atom. The summed E-state index contributed by atoms with van der Waals surface area (Å²) >= 11 is 0. The molecule has 2 aromatic carbocycles. The van der Waals surface area contributed by atoms with E-state index in [0.717, 1.165) is 52.1 Å². The second-order valence-electron chi connectivity index (χ2n) is 8.07. The summed E-state index contributed by atoms with van der Waals surface area (Å²) < 4.78 is 44.1. The maximum atomic E-state index is 12.9. The van der Waals surface area contributed by atoms with Gasteiger partial charge in [0.2, 0.25) is 0 Å². The number of hydrogen-bond donors (Lipinski definition) is 3. The zero-order valence-electron chi connectivity index (χ0n) is 17.9. The van der Waals surface area contributed by atoms with Crippen molar-refractivity contribution in [3.8, 4) is 11.5 Å². The molecule has 5 rings (SSSR count). The number of allylic oxidation sites excluding steroid dienone is 1. The topological polar surface area (TPSA) is 76.0 Å². The Balaban J connectivity index is 1.30. The number of halogens is 3. The minimum Gasteiger partial charge on any atom is -0.457 e. The quantitative estimate of drug-likeness (QED) is 0.317. The maximum Gasteiger partial charge on any atom is 0.433 e. The van der Waals surface area contributed by atoms with Gasteiger partial charge in [0, 0.05) is 41.4 Å². The largest absolute Gasteiger partial charge is 0.457 e. The fourth-order valence-electron chi connectivity index (χ4n) is 3.91. The van der Waals surface area contributed by atoms with E-state index in [0.29, 0.717) is 5.75 Å². The van der Waals surface area contributed by atoms with E-state index in [4.69, 9.17) is 10.5 Å². The van der Waals surface area contributed by atoms with Crippen LogP contribution in [0.2, 0.25) is 0 Å². The summed E-state index contributed by atoms with van der Waals surface area (Å²) in [5.41, 5.74) is 10.3. The van der Waals surface area contributed by atoms with Crippen LogP contribution in [0.25, 0.3) is 16.5 Å². The standard InChI is InChI=1S/C26H21F3N4O/c27-26(28,29)25-15-23(8-10-32-25)34-22-4-2-20(3-5-22)33-21-13-18(12-19(30)14-21)16-1-6-24-17(11-16)7-9-31-24/h1-11,13-15,19,31,33H,12,30H2/t19-/m1/s1. The van der Waals surface area contributed by atoms with Gasteiger partial charge in [-0.05, 0) is 83.6 Å². The number of nitrogens with one attached hydrogen (secondary N) is 2. The second kappa shape index (κ2) is 8.72. The highest BCUT2D eigenvalue weighted by atomic mass is 19.4. The van der Waals surface area contributed by atoms with Crippen molar-refractivity contribution in [3.63, 3.8) is 0 Å². The molecule has 2 heterocycles. The van der Waals surface area contributed by atoms with Gasteiger partial charge in [0.1, 0.15) is 17.2 Å². The zero-order valence-corrected chi connectivity index (χ0v) is 17.9. The molecule has 0 saturated carbocycles. The summed E-state index contributed by atoms with van der Waals surface area (Å²) in [5.74, 6) is 0.478. The molecule has 172 valence electrons. The van der Waals surface area contributed by atoms with Crippen molar-refractivity contribution >= 4 is 22.2 Å². The Bertz CT molecular complexity index is 1390. The van der Waals surface area contributed by atoms with E-state index in [9.17, 15) is 13.2 Å². The van der Waals surface area contributed by atoms with Crippen LogP contribution in [0, 0.1) is 0 Å². The highest BCUT2D eigenvalue weighted by molar-refractivity contribution is 5.85. The van der Waals surface area contributed by atoms with E-state index in [1.54, 1.807) is 24.3 Å². The summed E-state index contributed by atoms with van der Waals surface area (Å²) in [7, 11) is 0. The van der Waals surface area contributed by atoms with Crippen LogP contribution in [0.5, 0.6) is 11.5 Å². The van der Waals surface area contributed by atoms with E-state index < -0.39 is 11.9 Å². The van der Waals surface area contributed by atoms with Crippen LogP contribution in [-0.2, 0) is 6.18 Å². The van der Waals surface area contributed by atoms with Gasteiger partial charge in [0.25, 0.3) is 0 Å². The van der Waals surface area contributed by atoms with Crippen LogP contribution >= 0.6 is 0 Å². The van der Waals surface area contributed by atoms with Crippen molar-refractivity contribution in [1.82, 2.24) is 9.97 Å². The highest BCUT2D eigenvalue weighted by Crippen LogP contribution is 2.32. The molecular formula is C26H21F3N4O. The van der Waals surface area contributed by atoms with E-state index in [2.05, 4.69) is 39.6 Å². The number of nitrogens with two attached hydrogens (primary N) is 1. The Morgan fingerprint density at radius 1 is 1.00 bits per heavy atom. The number of benzene rings is 2. The molecule has 0 spiro atoms. The number of aromatic nitrogens is 2. The molecule has 0 fully saturated rings. The molecule has 0 saturated heterocycles. The lowest BCUT2D eigenvalue weighted by molar-refractivity contribution is -0.141. The summed E-state index contributed by atoms with van der Waals surface area (Å²) in [6.07, 6.45) is 3.25. The van der Waals surface area contributed by atoms with Crippen molar-refractivity contribution < 1.29 is 17.9 Å². The molecule has 2 aromatic heterocycles. The number of rotatable bonds is 5. The Kier molecular flexibility index (Phi) is 5.59. The van der Waals surface area contributed by atoms with Gasteiger partial charge in [-0.3, -0.25) is 4.98 Å². The van der Waals surface area contributed by atoms with Crippen molar-refractivity contribution in [3.05, 3.63) is 102 Å². The van der Waals surface area contributed by atoms with Gasteiger partial charge in [-0.15, -0.1) is 0 Å². The van der Waals surface area contributed by atoms with Crippen molar-refractivity contribution in [2.45, 2.75) is 18.6 Å². The fraction of sp³-hybridized carbons (Fsp3) is 0.115. The molecule has 1 aliphatic rings. The molecule has 4 N–H and O–H groups in total. The molecule has 34 heavy (non-hydrogen) atoms. The van der Waals surface area contributed by atoms with Crippen molar-refractivity contribution in [2.75, 3.05) is 5.32 Å². The molecule has 0 radical (unpaired) electrons. The van der Waals surface area contributed by atoms with Gasteiger partial charge < -0.3 is 20.8 Å². The first kappa shape index (κ1) is 21.8. The molecule has 0 unspecified atom stereocenters. The summed E-state index contributed by atoms with van der Waals surface area (Å²) in [4.78, 5) is 6.54. The smallest absolute Gasteiger partial charge is 0.433 e. The zero-order chi connectivity index (χ0) is 23.7. The van der Waals surface area contributed by atoms with E-state index in [1.807, 2.05) is 18.3 Å². The third-order valence-electron chi connectivity index (χ3n) is 5.50. The number of alkyl halides is 3. The predicted octanol–water partition coefficient (Wildman–Crippen LogP) is 6.48. The maximum absolute atomic E-state index is 12.9. The van der Waals surface area contributed by atoms with Crippen molar-refractivity contribution in [1.29, 1.82) is 0 Å². The summed E-state index contributed by atoms with van der Waals surface area (Å²) in [6.45, 7) is 0. The molecular weight excluding hydrogens is 441 g/mol. The first-order valence-corrected chi connectivity index (χ1v) is 10.7. The number of aromatic amines is 1. The third-order valence-corrected chi connectivity index (χ3v) is 5.50. The van der Waals surface area contributed by atoms with E-state index >= 15 is 0 Å². The van der Waals surface area contributed by atoms with Crippen LogP contribution < -0.4 is 15.8 Å². The van der Waals surface area contributed by atoms with Gasteiger partial charge in [-0.2, -0.15) is 13.2 Å². The van der Waals surface area contributed by atoms with E-state index in [-0.39, 0.29) is 11.8 Å². The molecule has 1 aliphatic carbocycles. The summed E-state index contributed by atoms with van der Waals surface area (Å²) in [5, 5.41) is 4.49. The molecule has 0 bridgehead atoms. The lowest BCUT2D eigenvalue weighted by Crippen LogP contribution is -2.22. The van der Waals surface area contributed by atoms with Gasteiger partial charge in [0.15, 0.2) is 0 Å². The predicted molar refractivity (Wildman–Crippen MR) is 126 cm³/mol. The molecule has 0 amide bonds. The lowest BCUT2D eigenvalue weighted by Gasteiger charge is -2.20. The van der Waals surface area contributed by atoms with E-state index in [1.165, 1.54) is 6.07 Å². The average Bonchev–Trinajstić information content (AvgIpc) is 3.28. The normalized spacial score (nSPS) is 16.2. The Hall–Kier alpha value is -4.04. The minimum atomic E-state index is -4.53. The summed E-state index contributed by atoms with van der Waals surface area (Å²) in [6, 6.07) is 17.4. The SMILES string of the molecule is N[C@H]1C=C(Nc2ccc(Oc3ccnc(C(F)(F)F)c3)cc2)C=C(c2ccc3[nH]ccc3c2)C1. The number of H-pyrrole nitrogens is 1. The fourth-order valence-corrected chi connectivity index (χ4v) is 3.91. The Labute approximate surface area is 193 Å². The van der Waals surface area contributed by atoms with Crippen LogP contribution in [0.3, 0.4) is 0 Å². The third kappa shape index (κ3) is 4.82. The monoisotopic (exact) mass is 462 g/mol. The minimum absolute atomic E-state index is 0.0657. The molecule has 5 nitrogen and oxygen atoms in total. The molecule has 4 aromatic rings. The molecule has 8 heteroatoms. The van der Waals surface area contributed by atoms with Crippen LogP contribution in [0.4, 0.5) is 18.9 Å². The average molecular weight is 462 g/mol. The van der Waals surface area contributed by atoms with Gasteiger partial charge in [-0.25, -0.2) is 0 Å². The van der Waals surface area contributed by atoms with Crippen LogP contribution in [-0.4, -0.2) is 16.0 Å². The van der Waals surface area contributed by atoms with Gasteiger partial charge in [-0.1, -0.05) is 6.07 Å². The number of fused-ring (bicyclic) bond motifs is 1. The second-order valence-corrected chi connectivity index (χ2v) is 8.07. The number of anilines is 1. The first-order chi connectivity index (χ1) is 16.3. The number of ether oxygens (including phenoxy) is 1. The number of pyridine rings is 1. The van der Waals surface area contributed by atoms with Crippen LogP contribution in [0.1, 0.15) is 17.7 Å². The van der Waals surface area contributed by atoms with Crippen LogP contribution in [0.15, 0.2) is 90.9 Å². The lowest BCUT2D eigenvalue weighted by atomic mass is 9.92. The van der Waals surface area contributed by atoms with Gasteiger partial charge in [0.05, 0.1) is 0 Å². The Morgan fingerprint density at radius 3 is 2.62 bits per heavy atom.